The van der Waals surface area contributed by atoms with E-state index in [1.54, 1.807) is 6.08 Å². The Hall–Kier alpha value is -1.17. The van der Waals surface area contributed by atoms with Crippen LogP contribution in [0.15, 0.2) is 24.3 Å². The van der Waals surface area contributed by atoms with Gasteiger partial charge in [0.2, 0.25) is 5.91 Å². The average molecular weight is 790 g/mol. The highest BCUT2D eigenvalue weighted by atomic mass is 16.3. The van der Waals surface area contributed by atoms with E-state index in [1.165, 1.54) is 218 Å². The Bertz CT molecular complexity index is 829. The predicted octanol–water partition coefficient (Wildman–Crippen LogP) is 14.9. The van der Waals surface area contributed by atoms with E-state index in [0.717, 1.165) is 32.1 Å². The summed E-state index contributed by atoms with van der Waals surface area (Å²) < 4.78 is 0. The smallest absolute Gasteiger partial charge is 0.249 e. The van der Waals surface area contributed by atoms with E-state index in [2.05, 4.69) is 31.3 Å². The molecule has 0 aromatic carbocycles. The second-order valence-electron chi connectivity index (χ2n) is 17.4. The average Bonchev–Trinajstić information content (AvgIpc) is 3.20. The van der Waals surface area contributed by atoms with Crippen molar-refractivity contribution in [2.24, 2.45) is 0 Å². The number of rotatable bonds is 46. The molecule has 0 saturated carbocycles. The zero-order valence-electron chi connectivity index (χ0n) is 37.8. The maximum absolute atomic E-state index is 12.5. The van der Waals surface area contributed by atoms with Crippen LogP contribution in [0.5, 0.6) is 0 Å². The Kier molecular flexibility index (Phi) is 45.5. The second-order valence-corrected chi connectivity index (χ2v) is 17.4. The molecule has 4 N–H and O–H groups in total. The minimum atomic E-state index is -1.10. The molecule has 3 atom stereocenters. The number of unbranched alkanes of at least 4 members (excludes halogenated alkanes) is 36. The van der Waals surface area contributed by atoms with Crippen molar-refractivity contribution in [3.8, 4) is 0 Å². The van der Waals surface area contributed by atoms with Gasteiger partial charge in [0.25, 0.3) is 0 Å². The summed E-state index contributed by atoms with van der Waals surface area (Å²) in [5, 5.41) is 33.2. The number of aliphatic hydroxyl groups excluding tert-OH is 3. The molecule has 0 aromatic rings. The van der Waals surface area contributed by atoms with E-state index in [0.29, 0.717) is 6.42 Å². The number of allylic oxidation sites excluding steroid dienone is 3. The third-order valence-electron chi connectivity index (χ3n) is 11.8. The van der Waals surface area contributed by atoms with Gasteiger partial charge in [0, 0.05) is 0 Å². The summed E-state index contributed by atoms with van der Waals surface area (Å²) in [7, 11) is 0. The van der Waals surface area contributed by atoms with Crippen LogP contribution >= 0.6 is 0 Å². The maximum Gasteiger partial charge on any atom is 0.249 e. The fraction of sp³-hybridized carbons (Fsp3) is 0.902. The standard InChI is InChI=1S/C51H99NO4/c1-3-5-7-9-11-13-15-17-19-20-21-22-23-24-25-26-27-28-29-30-31-32-34-36-38-40-42-44-46-50(55)51(56)52-48(47-53)49(54)45-43-41-39-37-35-33-18-16-14-12-10-8-6-4-2/h24-25,43,45,48-50,53-55H,3-23,26-42,44,46-47H2,1-2H3,(H,52,56)/b25-24-,45-43+. The highest BCUT2D eigenvalue weighted by molar-refractivity contribution is 5.80. The molecule has 1 amide bonds. The number of carbonyl (C=O) groups is 1. The van der Waals surface area contributed by atoms with Crippen molar-refractivity contribution in [3.05, 3.63) is 24.3 Å². The first-order chi connectivity index (χ1) is 27.6. The van der Waals surface area contributed by atoms with Crippen LogP contribution in [0.4, 0.5) is 0 Å². The Morgan fingerprint density at radius 2 is 0.714 bits per heavy atom. The van der Waals surface area contributed by atoms with Crippen molar-refractivity contribution >= 4 is 5.91 Å². The van der Waals surface area contributed by atoms with E-state index in [9.17, 15) is 20.1 Å². The maximum atomic E-state index is 12.5. The monoisotopic (exact) mass is 790 g/mol. The Morgan fingerprint density at radius 1 is 0.429 bits per heavy atom. The lowest BCUT2D eigenvalue weighted by Crippen LogP contribution is -2.48. The molecule has 0 aliphatic carbocycles. The van der Waals surface area contributed by atoms with Gasteiger partial charge in [-0.15, -0.1) is 0 Å². The lowest BCUT2D eigenvalue weighted by molar-refractivity contribution is -0.131. The van der Waals surface area contributed by atoms with E-state index in [4.69, 9.17) is 0 Å². The first-order valence-electron chi connectivity index (χ1n) is 25.2. The topological polar surface area (TPSA) is 89.8 Å². The Morgan fingerprint density at radius 3 is 1.04 bits per heavy atom. The molecule has 0 saturated heterocycles. The minimum absolute atomic E-state index is 0.361. The number of amides is 1. The van der Waals surface area contributed by atoms with Gasteiger partial charge in [0.15, 0.2) is 0 Å². The quantitative estimate of drug-likeness (QED) is 0.0365. The summed E-state index contributed by atoms with van der Waals surface area (Å²) in [5.74, 6) is -0.501. The normalized spacial score (nSPS) is 13.6. The van der Waals surface area contributed by atoms with E-state index < -0.39 is 24.2 Å². The summed E-state index contributed by atoms with van der Waals surface area (Å²) in [6.07, 6.45) is 58.1. The SMILES string of the molecule is CCCCCCCCCCCCCC/C=C\CCCCCCCCCCCCCCC(O)C(=O)NC(CO)C(O)/C=C/CCCCCCCCCCCCCC. The van der Waals surface area contributed by atoms with Gasteiger partial charge in [0.05, 0.1) is 18.8 Å². The first-order valence-corrected chi connectivity index (χ1v) is 25.2. The van der Waals surface area contributed by atoms with Crippen molar-refractivity contribution in [2.45, 2.75) is 289 Å². The van der Waals surface area contributed by atoms with Gasteiger partial charge in [-0.05, 0) is 44.9 Å². The zero-order chi connectivity index (χ0) is 40.8. The molecule has 0 spiro atoms. The highest BCUT2D eigenvalue weighted by Gasteiger charge is 2.22. The summed E-state index contributed by atoms with van der Waals surface area (Å²) in [5.41, 5.74) is 0. The summed E-state index contributed by atoms with van der Waals surface area (Å²) in [6, 6.07) is -0.795. The summed E-state index contributed by atoms with van der Waals surface area (Å²) in [4.78, 5) is 12.5. The molecule has 0 radical (unpaired) electrons. The summed E-state index contributed by atoms with van der Waals surface area (Å²) in [6.45, 7) is 4.20. The number of hydrogen-bond donors (Lipinski definition) is 4. The molecule has 0 aliphatic heterocycles. The van der Waals surface area contributed by atoms with Crippen molar-refractivity contribution < 1.29 is 20.1 Å². The third kappa shape index (κ3) is 41.0. The predicted molar refractivity (Wildman–Crippen MR) is 245 cm³/mol. The second kappa shape index (κ2) is 46.5. The lowest BCUT2D eigenvalue weighted by atomic mass is 10.0. The number of nitrogens with one attached hydrogen (secondary N) is 1. The van der Waals surface area contributed by atoms with Crippen molar-refractivity contribution in [1.82, 2.24) is 5.32 Å². The molecule has 0 fully saturated rings. The van der Waals surface area contributed by atoms with Gasteiger partial charge >= 0.3 is 0 Å². The van der Waals surface area contributed by atoms with Crippen LogP contribution in [0.2, 0.25) is 0 Å². The van der Waals surface area contributed by atoms with Gasteiger partial charge in [-0.2, -0.15) is 0 Å². The highest BCUT2D eigenvalue weighted by Crippen LogP contribution is 2.16. The molecule has 56 heavy (non-hydrogen) atoms. The molecule has 0 bridgehead atoms. The van der Waals surface area contributed by atoms with Gasteiger partial charge in [-0.3, -0.25) is 4.79 Å². The fourth-order valence-electron chi connectivity index (χ4n) is 7.83. The van der Waals surface area contributed by atoms with Crippen LogP contribution in [-0.4, -0.2) is 46.1 Å². The molecule has 0 aliphatic rings. The fourth-order valence-corrected chi connectivity index (χ4v) is 7.83. The number of aliphatic hydroxyl groups is 3. The van der Waals surface area contributed by atoms with Crippen LogP contribution in [0, 0.1) is 0 Å². The summed E-state index contributed by atoms with van der Waals surface area (Å²) >= 11 is 0. The van der Waals surface area contributed by atoms with Crippen LogP contribution < -0.4 is 5.32 Å². The van der Waals surface area contributed by atoms with Gasteiger partial charge in [0.1, 0.15) is 6.10 Å². The lowest BCUT2D eigenvalue weighted by Gasteiger charge is -2.21. The minimum Gasteiger partial charge on any atom is -0.394 e. The van der Waals surface area contributed by atoms with Gasteiger partial charge in [-0.1, -0.05) is 250 Å². The Labute approximate surface area is 350 Å². The van der Waals surface area contributed by atoms with E-state index >= 15 is 0 Å². The molecular weight excluding hydrogens is 691 g/mol. The van der Waals surface area contributed by atoms with E-state index in [1.807, 2.05) is 6.08 Å². The number of carbonyl (C=O) groups excluding carboxylic acids is 1. The molecular formula is C51H99NO4. The third-order valence-corrected chi connectivity index (χ3v) is 11.8. The number of hydrogen-bond acceptors (Lipinski definition) is 4. The molecule has 3 unspecified atom stereocenters. The van der Waals surface area contributed by atoms with Crippen LogP contribution in [-0.2, 0) is 4.79 Å². The van der Waals surface area contributed by atoms with Crippen molar-refractivity contribution in [1.29, 1.82) is 0 Å². The van der Waals surface area contributed by atoms with E-state index in [-0.39, 0.29) is 6.61 Å². The molecule has 5 nitrogen and oxygen atoms in total. The molecule has 332 valence electrons. The van der Waals surface area contributed by atoms with Crippen LogP contribution in [0.25, 0.3) is 0 Å². The van der Waals surface area contributed by atoms with Crippen molar-refractivity contribution in [3.63, 3.8) is 0 Å². The molecule has 0 heterocycles. The molecule has 5 heteroatoms. The largest absolute Gasteiger partial charge is 0.394 e. The Balaban J connectivity index is 3.56. The molecule has 0 aromatic heterocycles. The van der Waals surface area contributed by atoms with Crippen LogP contribution in [0.3, 0.4) is 0 Å². The van der Waals surface area contributed by atoms with Crippen molar-refractivity contribution in [2.75, 3.05) is 6.61 Å². The molecule has 0 rings (SSSR count). The zero-order valence-corrected chi connectivity index (χ0v) is 37.8. The van der Waals surface area contributed by atoms with Crippen LogP contribution in [0.1, 0.15) is 271 Å². The first kappa shape index (κ1) is 54.8. The van der Waals surface area contributed by atoms with Gasteiger partial charge < -0.3 is 20.6 Å². The van der Waals surface area contributed by atoms with Gasteiger partial charge in [-0.25, -0.2) is 0 Å².